The topological polar surface area (TPSA) is 217 Å². The number of carbonyl (C=O) groups is 3. The highest BCUT2D eigenvalue weighted by Crippen LogP contribution is 2.57. The molecule has 3 aliphatic heterocycles. The number of fused-ring (bicyclic) bond motifs is 1. The van der Waals surface area contributed by atoms with Crippen molar-refractivity contribution >= 4 is 58.2 Å². The predicted octanol–water partition coefficient (Wildman–Crippen LogP) is 5.02. The van der Waals surface area contributed by atoms with Gasteiger partial charge in [-0.15, -0.1) is 23.5 Å². The average Bonchev–Trinajstić information content (AvgIpc) is 3.78. The number of non-ortho nitro benzene ring substituents is 1. The molecular weight excluding hydrogens is 731 g/mol. The lowest BCUT2D eigenvalue weighted by Gasteiger charge is -2.53. The molecule has 276 valence electrons. The van der Waals surface area contributed by atoms with Crippen molar-refractivity contribution in [3.63, 3.8) is 0 Å². The number of nitrogens with zero attached hydrogens (tertiary/aromatic N) is 5. The van der Waals surface area contributed by atoms with Gasteiger partial charge in [0.2, 0.25) is 5.91 Å². The smallest absolute Gasteiger partial charge is 0.355 e. The molecule has 1 N–H and O–H groups in total. The number of thioether (sulfide) groups is 2. The summed E-state index contributed by atoms with van der Waals surface area (Å²) < 4.78 is 4.34. The van der Waals surface area contributed by atoms with Gasteiger partial charge >= 0.3 is 17.3 Å². The monoisotopic (exact) mass is 763 g/mol. The standard InChI is InChI=1S/C35H33N5O11S2/c1-21(41)17-35(33(44)37-30(20-52-34(35)37)32(43)51-19-22-7-10-25(11-8-22)38(45)46)53-26-13-14-36(18-26)29(31(42)24-5-3-2-4-6-24)16-23-9-12-27(39(47)48)28(15-23)40(49)50/h2-12,15,20-21,26,29,34,41H,13-14,16-19H2,1H3/t21-,26-,29?,34+,35+/m0/s1. The second kappa shape index (κ2) is 15.4. The second-order valence-electron chi connectivity index (χ2n) is 12.9. The number of aliphatic hydroxyl groups is 1. The van der Waals surface area contributed by atoms with Crippen LogP contribution in [-0.4, -0.2) is 87.9 Å². The third-order valence-corrected chi connectivity index (χ3v) is 12.4. The number of nitro benzene ring substituents is 3. The Morgan fingerprint density at radius 1 is 0.981 bits per heavy atom. The summed E-state index contributed by atoms with van der Waals surface area (Å²) in [6.45, 7) is 2.25. The average molecular weight is 764 g/mol. The number of hydrogen-bond donors (Lipinski definition) is 1. The molecule has 0 aromatic heterocycles. The Balaban J connectivity index is 1.17. The van der Waals surface area contributed by atoms with Crippen molar-refractivity contribution in [2.24, 2.45) is 0 Å². The SMILES string of the molecule is C[C@H](O)C[C@@]1(S[C@H]2CCN(C(Cc3ccc([N+](=O)[O-])c([N+](=O)[O-])c3)C(=O)c3ccccc3)C2)C(=O)N2C(C(=O)OCc3ccc([N+](=O)[O-])cc3)=CS[C@@H]21. The molecule has 0 radical (unpaired) electrons. The fraction of sp³-hybridized carbons (Fsp3) is 0.343. The number of hydrogen-bond acceptors (Lipinski definition) is 14. The van der Waals surface area contributed by atoms with Gasteiger partial charge in [-0.05, 0) is 49.4 Å². The summed E-state index contributed by atoms with van der Waals surface area (Å²) >= 11 is 2.67. The maximum Gasteiger partial charge on any atom is 0.355 e. The number of nitro groups is 3. The van der Waals surface area contributed by atoms with Crippen molar-refractivity contribution in [3.05, 3.63) is 131 Å². The van der Waals surface area contributed by atoms with Crippen molar-refractivity contribution in [1.82, 2.24) is 9.80 Å². The van der Waals surface area contributed by atoms with Gasteiger partial charge in [-0.25, -0.2) is 4.79 Å². The fourth-order valence-corrected chi connectivity index (χ4v) is 10.2. The highest BCUT2D eigenvalue weighted by molar-refractivity contribution is 8.07. The van der Waals surface area contributed by atoms with E-state index in [1.165, 1.54) is 58.8 Å². The van der Waals surface area contributed by atoms with Gasteiger partial charge in [0.25, 0.3) is 5.69 Å². The summed E-state index contributed by atoms with van der Waals surface area (Å²) in [6.07, 6.45) is -0.120. The quantitative estimate of drug-likeness (QED) is 0.0707. The Morgan fingerprint density at radius 3 is 2.30 bits per heavy atom. The van der Waals surface area contributed by atoms with Crippen molar-refractivity contribution in [1.29, 1.82) is 0 Å². The van der Waals surface area contributed by atoms with Crippen molar-refractivity contribution in [2.45, 2.75) is 60.3 Å². The maximum atomic E-state index is 14.0. The lowest BCUT2D eigenvalue weighted by molar-refractivity contribution is -0.422. The summed E-state index contributed by atoms with van der Waals surface area (Å²) in [6, 6.07) is 17.0. The van der Waals surface area contributed by atoms with Gasteiger partial charge in [0.05, 0.1) is 26.9 Å². The molecule has 3 aromatic carbocycles. The molecule has 5 atom stereocenters. The highest BCUT2D eigenvalue weighted by Gasteiger charge is 2.66. The Hall–Kier alpha value is -5.17. The van der Waals surface area contributed by atoms with E-state index in [4.69, 9.17) is 4.74 Å². The van der Waals surface area contributed by atoms with Crippen LogP contribution in [0.15, 0.2) is 83.9 Å². The lowest BCUT2D eigenvalue weighted by Crippen LogP contribution is -2.70. The summed E-state index contributed by atoms with van der Waals surface area (Å²) in [5.41, 5.74) is -0.0136. The van der Waals surface area contributed by atoms with Crippen LogP contribution in [0.4, 0.5) is 17.1 Å². The third kappa shape index (κ3) is 7.66. The number of benzene rings is 3. The van der Waals surface area contributed by atoms with Crippen LogP contribution in [0.5, 0.6) is 0 Å². The number of β-lactam (4-membered cyclic amide) rings is 1. The molecule has 3 heterocycles. The van der Waals surface area contributed by atoms with Crippen LogP contribution in [0.3, 0.4) is 0 Å². The van der Waals surface area contributed by atoms with Crippen LogP contribution in [-0.2, 0) is 27.4 Å². The Morgan fingerprint density at radius 2 is 1.66 bits per heavy atom. The number of carbonyl (C=O) groups excluding carboxylic acids is 3. The maximum absolute atomic E-state index is 14.0. The Labute approximate surface area is 310 Å². The van der Waals surface area contributed by atoms with Crippen LogP contribution in [0.1, 0.15) is 41.3 Å². The number of rotatable bonds is 15. The Bertz CT molecular complexity index is 2000. The van der Waals surface area contributed by atoms with E-state index in [1.807, 2.05) is 4.90 Å². The molecule has 3 aliphatic rings. The number of amides is 1. The number of esters is 1. The third-order valence-electron chi connectivity index (χ3n) is 9.32. The van der Waals surface area contributed by atoms with Gasteiger partial charge in [-0.1, -0.05) is 36.4 Å². The molecule has 0 aliphatic carbocycles. The van der Waals surface area contributed by atoms with Gasteiger partial charge in [0.1, 0.15) is 22.4 Å². The molecule has 6 rings (SSSR count). The lowest BCUT2D eigenvalue weighted by atomic mass is 9.90. The summed E-state index contributed by atoms with van der Waals surface area (Å²) in [5.74, 6) is -1.32. The number of ketones is 1. The molecule has 53 heavy (non-hydrogen) atoms. The van der Waals surface area contributed by atoms with Crippen molar-refractivity contribution in [2.75, 3.05) is 13.1 Å². The molecule has 2 fully saturated rings. The molecular formula is C35H33N5O11S2. The van der Waals surface area contributed by atoms with E-state index >= 15 is 0 Å². The predicted molar refractivity (Wildman–Crippen MR) is 194 cm³/mol. The molecule has 1 unspecified atom stereocenters. The van der Waals surface area contributed by atoms with Crippen LogP contribution < -0.4 is 0 Å². The molecule has 1 amide bonds. The van der Waals surface area contributed by atoms with E-state index in [-0.39, 0.29) is 47.8 Å². The summed E-state index contributed by atoms with van der Waals surface area (Å²) in [5, 5.41) is 45.4. The zero-order valence-electron chi connectivity index (χ0n) is 28.1. The van der Waals surface area contributed by atoms with Gasteiger partial charge in [-0.3, -0.25) is 49.7 Å². The molecule has 0 spiro atoms. The number of likely N-dealkylation sites (tertiary alicyclic amines) is 1. The highest BCUT2D eigenvalue weighted by atomic mass is 32.2. The van der Waals surface area contributed by atoms with Gasteiger partial charge in [-0.2, -0.15) is 0 Å². The summed E-state index contributed by atoms with van der Waals surface area (Å²) in [4.78, 5) is 76.2. The molecule has 16 nitrogen and oxygen atoms in total. The molecule has 3 aromatic rings. The van der Waals surface area contributed by atoms with Crippen LogP contribution in [0.2, 0.25) is 0 Å². The zero-order chi connectivity index (χ0) is 38.0. The second-order valence-corrected chi connectivity index (χ2v) is 15.5. The van der Waals surface area contributed by atoms with E-state index < -0.39 is 54.4 Å². The van der Waals surface area contributed by atoms with Crippen molar-refractivity contribution in [3.8, 4) is 0 Å². The minimum absolute atomic E-state index is 0.0449. The number of ether oxygens (including phenoxy) is 1. The molecule has 0 bridgehead atoms. The van der Waals surface area contributed by atoms with E-state index in [9.17, 15) is 49.8 Å². The molecule has 0 saturated carbocycles. The zero-order valence-corrected chi connectivity index (χ0v) is 29.8. The van der Waals surface area contributed by atoms with Crippen LogP contribution >= 0.6 is 23.5 Å². The van der Waals surface area contributed by atoms with Crippen LogP contribution in [0.25, 0.3) is 0 Å². The number of Topliss-reactive ketones (excluding diaryl/α,β-unsaturated/α-hetero) is 1. The van der Waals surface area contributed by atoms with Crippen LogP contribution in [0, 0.1) is 30.3 Å². The first-order valence-electron chi connectivity index (χ1n) is 16.5. The number of aliphatic hydroxyl groups excluding tert-OH is 1. The molecule has 2 saturated heterocycles. The first-order valence-corrected chi connectivity index (χ1v) is 18.3. The summed E-state index contributed by atoms with van der Waals surface area (Å²) in [7, 11) is 0. The van der Waals surface area contributed by atoms with Gasteiger partial charge in [0, 0.05) is 53.6 Å². The minimum atomic E-state index is -1.09. The normalized spacial score (nSPS) is 22.0. The molecule has 18 heteroatoms. The van der Waals surface area contributed by atoms with Crippen molar-refractivity contribution < 1.29 is 39.0 Å². The Kier molecular flexibility index (Phi) is 10.9. The first-order chi connectivity index (χ1) is 25.3. The minimum Gasteiger partial charge on any atom is -0.456 e. The fourth-order valence-electron chi connectivity index (χ4n) is 6.85. The van der Waals surface area contributed by atoms with E-state index in [1.54, 1.807) is 42.7 Å². The van der Waals surface area contributed by atoms with E-state index in [0.29, 0.717) is 36.2 Å². The van der Waals surface area contributed by atoms with E-state index in [2.05, 4.69) is 0 Å². The first kappa shape index (κ1) is 37.6. The van der Waals surface area contributed by atoms with Gasteiger partial charge < -0.3 is 9.84 Å². The van der Waals surface area contributed by atoms with E-state index in [0.717, 1.165) is 12.1 Å². The van der Waals surface area contributed by atoms with Gasteiger partial charge in [0.15, 0.2) is 5.78 Å². The largest absolute Gasteiger partial charge is 0.456 e.